The number of nitrogens with zero attached hydrogens (tertiary/aromatic N) is 4. The molecule has 0 aromatic carbocycles. The molecule has 9 heteroatoms. The molecule has 9 nitrogen and oxygen atoms in total. The van der Waals surface area contributed by atoms with Crippen LogP contribution in [0.3, 0.4) is 0 Å². The highest BCUT2D eigenvalue weighted by Crippen LogP contribution is 2.09. The van der Waals surface area contributed by atoms with Crippen molar-refractivity contribution in [3.63, 3.8) is 0 Å². The van der Waals surface area contributed by atoms with Crippen LogP contribution < -0.4 is 10.0 Å². The van der Waals surface area contributed by atoms with E-state index in [0.29, 0.717) is 0 Å². The van der Waals surface area contributed by atoms with E-state index in [1.165, 1.54) is 5.01 Å². The van der Waals surface area contributed by atoms with Gasteiger partial charge in [-0.25, -0.2) is 4.79 Å². The number of piperazine rings is 1. The number of aliphatic carboxylic acids is 1. The smallest absolute Gasteiger partial charge is 0.330 e. The molecule has 82 valence electrons. The van der Waals surface area contributed by atoms with Gasteiger partial charge in [0.15, 0.2) is 6.04 Å². The standard InChI is InChI=1S/C6H9N5O4/c7-8-9-10-1-2-11(6(14)15)4(3-10)5(12)13/h4,7H,1-3H2,(H-,12,13,14,15). The molecule has 1 fully saturated rings. The van der Waals surface area contributed by atoms with Gasteiger partial charge in [0.05, 0.1) is 11.5 Å². The lowest BCUT2D eigenvalue weighted by Crippen LogP contribution is -2.60. The van der Waals surface area contributed by atoms with Crippen LogP contribution >= 0.6 is 0 Å². The molecule has 0 bridgehead atoms. The van der Waals surface area contributed by atoms with Crippen molar-refractivity contribution in [1.82, 2.24) is 14.8 Å². The van der Waals surface area contributed by atoms with Crippen LogP contribution in [0.1, 0.15) is 0 Å². The van der Waals surface area contributed by atoms with E-state index in [4.69, 9.17) is 10.6 Å². The van der Waals surface area contributed by atoms with Gasteiger partial charge in [0.2, 0.25) is 5.22 Å². The molecule has 0 aliphatic carbocycles. The highest BCUT2D eigenvalue weighted by molar-refractivity contribution is 5.79. The van der Waals surface area contributed by atoms with Crippen molar-refractivity contribution in [2.75, 3.05) is 19.6 Å². The number of carbonyl (C=O) groups excluding carboxylic acids is 1. The molecule has 1 aliphatic heterocycles. The van der Waals surface area contributed by atoms with Gasteiger partial charge in [-0.05, 0) is 5.53 Å². The van der Waals surface area contributed by atoms with E-state index in [-0.39, 0.29) is 19.6 Å². The molecule has 1 aliphatic rings. The fraction of sp³-hybridized carbons (Fsp3) is 0.667. The summed E-state index contributed by atoms with van der Waals surface area (Å²) in [6.07, 6.45) is -1.52. The second kappa shape index (κ2) is 4.38. The quantitative estimate of drug-likeness (QED) is 0.400. The first-order chi connectivity index (χ1) is 7.06. The zero-order valence-electron chi connectivity index (χ0n) is 7.66. The molecule has 1 atom stereocenters. The van der Waals surface area contributed by atoms with Gasteiger partial charge in [0.1, 0.15) is 19.2 Å². The minimum absolute atomic E-state index is 0.0294. The van der Waals surface area contributed by atoms with Crippen LogP contribution in [-0.2, 0) is 4.79 Å². The van der Waals surface area contributed by atoms with E-state index in [1.807, 2.05) is 0 Å². The highest BCUT2D eigenvalue weighted by atomic mass is 16.4. The molecule has 0 aromatic rings. The van der Waals surface area contributed by atoms with Gasteiger partial charge in [0, 0.05) is 0 Å². The van der Waals surface area contributed by atoms with Crippen LogP contribution in [0.2, 0.25) is 0 Å². The second-order valence-electron chi connectivity index (χ2n) is 2.92. The van der Waals surface area contributed by atoms with E-state index >= 15 is 0 Å². The molecule has 0 spiro atoms. The molecule has 2 N–H and O–H groups in total. The van der Waals surface area contributed by atoms with Gasteiger partial charge in [-0.2, -0.15) is 0 Å². The van der Waals surface area contributed by atoms with E-state index in [2.05, 4.69) is 10.1 Å². The summed E-state index contributed by atoms with van der Waals surface area (Å²) in [6.45, 7) is 0.0319. The first kappa shape index (κ1) is 10.9. The van der Waals surface area contributed by atoms with Gasteiger partial charge < -0.3 is 19.9 Å². The number of nitrogens with one attached hydrogen (secondary N) is 1. The van der Waals surface area contributed by atoms with Crippen molar-refractivity contribution in [3.8, 4) is 0 Å². The fourth-order valence-corrected chi connectivity index (χ4v) is 1.34. The van der Waals surface area contributed by atoms with Crippen molar-refractivity contribution in [2.24, 2.45) is 5.22 Å². The van der Waals surface area contributed by atoms with Crippen molar-refractivity contribution in [2.45, 2.75) is 6.04 Å². The number of carbonyl (C=O) groups is 2. The number of amides is 1. The van der Waals surface area contributed by atoms with E-state index in [1.54, 1.807) is 0 Å². The Kier molecular flexibility index (Phi) is 3.19. The number of hydrogen-bond donors (Lipinski definition) is 2. The Labute approximate surface area is 84.1 Å². The van der Waals surface area contributed by atoms with Crippen molar-refractivity contribution in [1.29, 1.82) is 5.53 Å². The van der Waals surface area contributed by atoms with Crippen molar-refractivity contribution >= 4 is 12.1 Å². The van der Waals surface area contributed by atoms with E-state index in [0.717, 1.165) is 4.90 Å². The van der Waals surface area contributed by atoms with Crippen LogP contribution in [0.15, 0.2) is 5.22 Å². The monoisotopic (exact) mass is 215 g/mol. The molecule has 15 heavy (non-hydrogen) atoms. The maximum atomic E-state index is 10.7. The summed E-state index contributed by atoms with van der Waals surface area (Å²) in [4.78, 5) is 24.8. The van der Waals surface area contributed by atoms with Gasteiger partial charge in [-0.15, -0.1) is 5.01 Å². The average molecular weight is 215 g/mol. The third-order valence-corrected chi connectivity index (χ3v) is 2.05. The third-order valence-electron chi connectivity index (χ3n) is 2.05. The lowest BCUT2D eigenvalue weighted by molar-refractivity contribution is -0.270. The van der Waals surface area contributed by atoms with Crippen LogP contribution in [0, 0.1) is 5.53 Å². The summed E-state index contributed by atoms with van der Waals surface area (Å²) in [7, 11) is 0. The highest BCUT2D eigenvalue weighted by Gasteiger charge is 2.36. The molecular weight excluding hydrogens is 206 g/mol. The lowest BCUT2D eigenvalue weighted by atomic mass is 10.2. The van der Waals surface area contributed by atoms with Gasteiger partial charge in [-0.3, -0.25) is 0 Å². The first-order valence-electron chi connectivity index (χ1n) is 4.09. The molecular formula is C6H9N5O4. The average Bonchev–Trinajstić information content (AvgIpc) is 2.17. The van der Waals surface area contributed by atoms with E-state index < -0.39 is 18.1 Å². The third kappa shape index (κ3) is 2.41. The van der Waals surface area contributed by atoms with Gasteiger partial charge >= 0.3 is 5.97 Å². The summed E-state index contributed by atoms with van der Waals surface area (Å²) >= 11 is 0. The zero-order chi connectivity index (χ0) is 11.4. The minimum atomic E-state index is -1.52. The van der Waals surface area contributed by atoms with Crippen LogP contribution in [0.5, 0.6) is 0 Å². The number of carboxylic acid groups (broad SMARTS) is 2. The largest absolute Gasteiger partial charge is 0.530 e. The topological polar surface area (TPSA) is 134 Å². The van der Waals surface area contributed by atoms with E-state index in [9.17, 15) is 14.7 Å². The number of carboxylic acids is 1. The Morgan fingerprint density at radius 1 is 1.53 bits per heavy atom. The minimum Gasteiger partial charge on any atom is -0.530 e. The summed E-state index contributed by atoms with van der Waals surface area (Å²) in [5.41, 5.74) is 6.47. The Morgan fingerprint density at radius 3 is 2.67 bits per heavy atom. The predicted molar refractivity (Wildman–Crippen MR) is 42.4 cm³/mol. The Bertz CT molecular complexity index is 325. The molecule has 1 rings (SSSR count). The predicted octanol–water partition coefficient (Wildman–Crippen LogP) is -2.13. The van der Waals surface area contributed by atoms with Crippen molar-refractivity contribution < 1.29 is 19.8 Å². The lowest BCUT2D eigenvalue weighted by Gasteiger charge is -2.34. The maximum Gasteiger partial charge on any atom is 0.330 e. The zero-order valence-corrected chi connectivity index (χ0v) is 7.66. The molecule has 1 amide bonds. The number of rotatable bonds is 2. The second-order valence-corrected chi connectivity index (χ2v) is 2.92. The fourth-order valence-electron chi connectivity index (χ4n) is 1.34. The normalized spacial score (nSPS) is 20.7. The van der Waals surface area contributed by atoms with Gasteiger partial charge in [0.25, 0.3) is 0 Å². The Morgan fingerprint density at radius 2 is 2.20 bits per heavy atom. The molecule has 0 radical (unpaired) electrons. The molecule has 1 heterocycles. The summed E-state index contributed by atoms with van der Waals surface area (Å²) in [5.74, 6) is -1.27. The van der Waals surface area contributed by atoms with Crippen LogP contribution in [-0.4, -0.2) is 52.8 Å². The molecule has 0 aromatic heterocycles. The first-order valence-corrected chi connectivity index (χ1v) is 4.09. The van der Waals surface area contributed by atoms with Crippen LogP contribution in [0.4, 0.5) is 4.79 Å². The molecule has 1 saturated heterocycles. The molecule has 1 unspecified atom stereocenters. The SMILES string of the molecule is N=[N+]=NN1CCN(C(=O)[O-])C(C(=O)O)C1. The summed E-state index contributed by atoms with van der Waals surface area (Å²) in [5, 5.41) is 23.9. The summed E-state index contributed by atoms with van der Waals surface area (Å²) in [6, 6.07) is -1.23. The Hall–Kier alpha value is -2.15. The maximum absolute atomic E-state index is 10.7. The number of hydrogen-bond acceptors (Lipinski definition) is 5. The van der Waals surface area contributed by atoms with Crippen LogP contribution in [0.25, 0.3) is 0 Å². The van der Waals surface area contributed by atoms with Gasteiger partial charge in [-0.1, -0.05) is 0 Å². The Balaban J connectivity index is 2.77. The van der Waals surface area contributed by atoms with Crippen molar-refractivity contribution in [3.05, 3.63) is 0 Å². The molecule has 0 saturated carbocycles. The summed E-state index contributed by atoms with van der Waals surface area (Å²) < 4.78 is 0.